The molecule has 3 aromatic carbocycles. The van der Waals surface area contributed by atoms with Gasteiger partial charge in [0.2, 0.25) is 0 Å². The van der Waals surface area contributed by atoms with Crippen molar-refractivity contribution in [1.29, 1.82) is 0 Å². The molecule has 3 aromatic rings. The van der Waals surface area contributed by atoms with E-state index >= 15 is 0 Å². The monoisotopic (exact) mass is 296 g/mol. The fourth-order valence-corrected chi connectivity index (χ4v) is 2.34. The van der Waals surface area contributed by atoms with Crippen molar-refractivity contribution in [3.63, 3.8) is 0 Å². The smallest absolute Gasteiger partial charge is 0.123 e. The summed E-state index contributed by atoms with van der Waals surface area (Å²) in [5, 5.41) is 10.3. The van der Waals surface area contributed by atoms with E-state index in [1.807, 2.05) is 24.3 Å². The maximum Gasteiger partial charge on any atom is 0.123 e. The van der Waals surface area contributed by atoms with E-state index in [1.165, 1.54) is 24.3 Å². The van der Waals surface area contributed by atoms with Crippen LogP contribution in [0.5, 0.6) is 0 Å². The van der Waals surface area contributed by atoms with Crippen LogP contribution in [0.4, 0.5) is 8.78 Å². The van der Waals surface area contributed by atoms with Gasteiger partial charge in [-0.1, -0.05) is 48.5 Å². The number of rotatable bonds is 3. The number of hydrogen-bond donors (Lipinski definition) is 1. The van der Waals surface area contributed by atoms with E-state index in [-0.39, 0.29) is 11.6 Å². The van der Waals surface area contributed by atoms with Crippen LogP contribution in [0.15, 0.2) is 72.8 Å². The molecule has 0 saturated heterocycles. The van der Waals surface area contributed by atoms with Crippen LogP contribution in [0.2, 0.25) is 0 Å². The molecule has 0 saturated carbocycles. The van der Waals surface area contributed by atoms with E-state index in [9.17, 15) is 13.9 Å². The zero-order valence-corrected chi connectivity index (χ0v) is 11.7. The van der Waals surface area contributed by atoms with Gasteiger partial charge in [-0.15, -0.1) is 0 Å². The molecule has 0 heterocycles. The maximum atomic E-state index is 12.9. The van der Waals surface area contributed by atoms with Crippen LogP contribution in [-0.2, 0) is 0 Å². The Morgan fingerprint density at radius 2 is 0.864 bits per heavy atom. The van der Waals surface area contributed by atoms with Crippen molar-refractivity contribution < 1.29 is 13.9 Å². The lowest BCUT2D eigenvalue weighted by Crippen LogP contribution is -1.99. The molecule has 110 valence electrons. The van der Waals surface area contributed by atoms with Gasteiger partial charge in [0.05, 0.1) is 0 Å². The first-order valence-electron chi connectivity index (χ1n) is 6.93. The summed E-state index contributed by atoms with van der Waals surface area (Å²) in [6.45, 7) is 0. The summed E-state index contributed by atoms with van der Waals surface area (Å²) in [5.74, 6) is -0.602. The highest BCUT2D eigenvalue weighted by molar-refractivity contribution is 5.63. The van der Waals surface area contributed by atoms with Gasteiger partial charge in [0.1, 0.15) is 17.7 Å². The molecule has 0 spiro atoms. The van der Waals surface area contributed by atoms with Gasteiger partial charge in [0, 0.05) is 0 Å². The van der Waals surface area contributed by atoms with Crippen LogP contribution >= 0.6 is 0 Å². The summed E-state index contributed by atoms with van der Waals surface area (Å²) in [5.41, 5.74) is 3.20. The van der Waals surface area contributed by atoms with Crippen molar-refractivity contribution in [2.45, 2.75) is 6.10 Å². The minimum Gasteiger partial charge on any atom is -0.384 e. The minimum absolute atomic E-state index is 0.271. The normalized spacial score (nSPS) is 12.1. The van der Waals surface area contributed by atoms with Crippen molar-refractivity contribution in [2.24, 2.45) is 0 Å². The molecule has 22 heavy (non-hydrogen) atoms. The largest absolute Gasteiger partial charge is 0.384 e. The molecule has 3 heteroatoms. The van der Waals surface area contributed by atoms with E-state index in [4.69, 9.17) is 0 Å². The van der Waals surface area contributed by atoms with Crippen molar-refractivity contribution in [2.75, 3.05) is 0 Å². The van der Waals surface area contributed by atoms with Gasteiger partial charge >= 0.3 is 0 Å². The second kappa shape index (κ2) is 6.08. The lowest BCUT2D eigenvalue weighted by molar-refractivity contribution is 0.220. The fourth-order valence-electron chi connectivity index (χ4n) is 2.34. The quantitative estimate of drug-likeness (QED) is 0.742. The Morgan fingerprint density at radius 3 is 1.32 bits per heavy atom. The van der Waals surface area contributed by atoms with Crippen molar-refractivity contribution in [3.05, 3.63) is 95.6 Å². The second-order valence-electron chi connectivity index (χ2n) is 5.08. The van der Waals surface area contributed by atoms with Crippen LogP contribution in [0.3, 0.4) is 0 Å². The summed E-state index contributed by atoms with van der Waals surface area (Å²) < 4.78 is 25.8. The summed E-state index contributed by atoms with van der Waals surface area (Å²) in [6, 6.07) is 19.4. The summed E-state index contributed by atoms with van der Waals surface area (Å²) in [4.78, 5) is 0. The van der Waals surface area contributed by atoms with Gasteiger partial charge in [0.15, 0.2) is 0 Å². The molecule has 1 atom stereocenters. The highest BCUT2D eigenvalue weighted by atomic mass is 19.1. The first kappa shape index (κ1) is 14.4. The average Bonchev–Trinajstić information content (AvgIpc) is 2.56. The molecule has 0 amide bonds. The van der Waals surface area contributed by atoms with Crippen molar-refractivity contribution >= 4 is 0 Å². The number of benzene rings is 3. The van der Waals surface area contributed by atoms with Crippen LogP contribution in [0.25, 0.3) is 11.1 Å². The SMILES string of the molecule is O[C@H](c1ccc(F)cc1)c1ccc(-c2ccc(F)cc2)cc1. The zero-order chi connectivity index (χ0) is 15.5. The van der Waals surface area contributed by atoms with E-state index < -0.39 is 6.10 Å². The molecular formula is C19H14F2O. The van der Waals surface area contributed by atoms with Gasteiger partial charge in [-0.25, -0.2) is 8.78 Å². The number of aliphatic hydroxyl groups is 1. The highest BCUT2D eigenvalue weighted by Gasteiger charge is 2.10. The summed E-state index contributed by atoms with van der Waals surface area (Å²) >= 11 is 0. The molecule has 0 fully saturated rings. The molecule has 0 aliphatic heterocycles. The molecule has 0 aliphatic carbocycles. The first-order valence-corrected chi connectivity index (χ1v) is 6.93. The number of aliphatic hydroxyl groups excluding tert-OH is 1. The molecule has 0 aromatic heterocycles. The average molecular weight is 296 g/mol. The van der Waals surface area contributed by atoms with E-state index in [0.717, 1.165) is 16.7 Å². The molecule has 1 N–H and O–H groups in total. The topological polar surface area (TPSA) is 20.2 Å². The minimum atomic E-state index is -0.803. The van der Waals surface area contributed by atoms with E-state index in [0.29, 0.717) is 5.56 Å². The Labute approximate surface area is 127 Å². The first-order chi connectivity index (χ1) is 10.6. The Bertz CT molecular complexity index is 747. The van der Waals surface area contributed by atoms with Crippen LogP contribution in [-0.4, -0.2) is 5.11 Å². The van der Waals surface area contributed by atoms with Crippen LogP contribution in [0.1, 0.15) is 17.2 Å². The summed E-state index contributed by atoms with van der Waals surface area (Å²) in [7, 11) is 0. The van der Waals surface area contributed by atoms with Crippen LogP contribution < -0.4 is 0 Å². The third-order valence-corrected chi connectivity index (χ3v) is 3.59. The molecule has 0 aliphatic rings. The second-order valence-corrected chi connectivity index (χ2v) is 5.08. The lowest BCUT2D eigenvalue weighted by atomic mass is 9.98. The van der Waals surface area contributed by atoms with Gasteiger partial charge < -0.3 is 5.11 Å². The van der Waals surface area contributed by atoms with E-state index in [2.05, 4.69) is 0 Å². The van der Waals surface area contributed by atoms with E-state index in [1.54, 1.807) is 24.3 Å². The van der Waals surface area contributed by atoms with Crippen molar-refractivity contribution in [3.8, 4) is 11.1 Å². The highest BCUT2D eigenvalue weighted by Crippen LogP contribution is 2.26. The molecule has 1 nitrogen and oxygen atoms in total. The van der Waals surface area contributed by atoms with Gasteiger partial charge in [-0.3, -0.25) is 0 Å². The molecule has 0 bridgehead atoms. The fraction of sp³-hybridized carbons (Fsp3) is 0.0526. The summed E-state index contributed by atoms with van der Waals surface area (Å²) in [6.07, 6.45) is -0.803. The van der Waals surface area contributed by atoms with Crippen LogP contribution in [0, 0.1) is 11.6 Å². The predicted molar refractivity (Wildman–Crippen MR) is 82.3 cm³/mol. The molecule has 3 rings (SSSR count). The predicted octanol–water partition coefficient (Wildman–Crippen LogP) is 4.71. The van der Waals surface area contributed by atoms with Gasteiger partial charge in [-0.05, 0) is 46.5 Å². The maximum absolute atomic E-state index is 12.9. The zero-order valence-electron chi connectivity index (χ0n) is 11.7. The Kier molecular flexibility index (Phi) is 3.98. The molecule has 0 unspecified atom stereocenters. The number of halogens is 2. The molecular weight excluding hydrogens is 282 g/mol. The lowest BCUT2D eigenvalue weighted by Gasteiger charge is -2.12. The number of hydrogen-bond acceptors (Lipinski definition) is 1. The third-order valence-electron chi connectivity index (χ3n) is 3.59. The Morgan fingerprint density at radius 1 is 0.545 bits per heavy atom. The molecule has 0 radical (unpaired) electrons. The Balaban J connectivity index is 1.84. The van der Waals surface area contributed by atoms with Gasteiger partial charge in [0.25, 0.3) is 0 Å². The standard InChI is InChI=1S/C19H14F2O/c20-17-9-5-14(6-10-17)13-1-3-15(4-2-13)19(22)16-7-11-18(21)12-8-16/h1-12,19,22H/t19-/m0/s1. The third kappa shape index (κ3) is 3.05. The Hall–Kier alpha value is -2.52. The van der Waals surface area contributed by atoms with Gasteiger partial charge in [-0.2, -0.15) is 0 Å². The van der Waals surface area contributed by atoms with Crippen molar-refractivity contribution in [1.82, 2.24) is 0 Å².